The Morgan fingerprint density at radius 2 is 2.24 bits per heavy atom. The molecule has 2 N–H and O–H groups in total. The second kappa shape index (κ2) is 8.87. The van der Waals surface area contributed by atoms with Gasteiger partial charge in [0, 0.05) is 37.7 Å². The lowest BCUT2D eigenvalue weighted by molar-refractivity contribution is 0.632. The predicted octanol–water partition coefficient (Wildman–Crippen LogP) is 2.33. The molecule has 0 spiro atoms. The zero-order chi connectivity index (χ0) is 12.9. The molecule has 0 saturated carbocycles. The third kappa shape index (κ3) is 5.19. The van der Waals surface area contributed by atoms with Gasteiger partial charge in [-0.05, 0) is 31.0 Å². The first-order valence-corrected chi connectivity index (χ1v) is 6.78. The number of pyridine rings is 1. The highest BCUT2D eigenvalue weighted by atomic mass is 35.5. The Balaban J connectivity index is 0.00000110. The molecule has 21 heavy (non-hydrogen) atoms. The first-order valence-electron chi connectivity index (χ1n) is 6.78. The molecule has 1 atom stereocenters. The molecular formula is C14H21Cl2N5. The van der Waals surface area contributed by atoms with Gasteiger partial charge < -0.3 is 15.2 Å². The Kier molecular flexibility index (Phi) is 7.50. The summed E-state index contributed by atoms with van der Waals surface area (Å²) in [7, 11) is 0. The summed E-state index contributed by atoms with van der Waals surface area (Å²) in [5.41, 5.74) is 1.18. The van der Waals surface area contributed by atoms with Crippen LogP contribution in [0.5, 0.6) is 0 Å². The van der Waals surface area contributed by atoms with Crippen molar-refractivity contribution in [3.63, 3.8) is 0 Å². The molecule has 2 aromatic heterocycles. The number of nitrogens with one attached hydrogen (secondary N) is 2. The van der Waals surface area contributed by atoms with Crippen molar-refractivity contribution in [1.82, 2.24) is 19.9 Å². The highest BCUT2D eigenvalue weighted by Crippen LogP contribution is 2.09. The minimum absolute atomic E-state index is 0. The second-order valence-electron chi connectivity index (χ2n) is 4.96. The van der Waals surface area contributed by atoms with Crippen LogP contribution in [-0.4, -0.2) is 33.7 Å². The molecule has 1 aliphatic rings. The molecule has 0 aromatic carbocycles. The standard InChI is InChI=1S/C14H19N5.2ClH/c1-2-13(16-5-1)9-18-14-4-3-12(8-17-14)10-19-7-6-15-11-19;;/h3-4,6-8,11,13,16H,1-2,5,9-10H2,(H,17,18);2*1H/t13-;;/m0../s1. The average Bonchev–Trinajstić information content (AvgIpc) is 3.11. The van der Waals surface area contributed by atoms with E-state index in [9.17, 15) is 0 Å². The number of hydrogen-bond donors (Lipinski definition) is 2. The quantitative estimate of drug-likeness (QED) is 0.884. The molecule has 1 saturated heterocycles. The molecule has 0 aliphatic carbocycles. The second-order valence-corrected chi connectivity index (χ2v) is 4.96. The summed E-state index contributed by atoms with van der Waals surface area (Å²) in [6.07, 6.45) is 10.0. The third-order valence-corrected chi connectivity index (χ3v) is 3.44. The van der Waals surface area contributed by atoms with Crippen LogP contribution in [0.25, 0.3) is 0 Å². The van der Waals surface area contributed by atoms with Crippen LogP contribution in [0.4, 0.5) is 5.82 Å². The first kappa shape index (κ1) is 17.8. The first-order chi connectivity index (χ1) is 9.40. The minimum atomic E-state index is 0. The third-order valence-electron chi connectivity index (χ3n) is 3.44. The van der Waals surface area contributed by atoms with E-state index in [4.69, 9.17) is 0 Å². The maximum absolute atomic E-state index is 4.45. The van der Waals surface area contributed by atoms with E-state index in [1.54, 1.807) is 6.20 Å². The largest absolute Gasteiger partial charge is 0.369 e. The molecule has 3 rings (SSSR count). The van der Waals surface area contributed by atoms with Crippen molar-refractivity contribution in [3.05, 3.63) is 42.6 Å². The molecule has 0 bridgehead atoms. The average molecular weight is 330 g/mol. The molecular weight excluding hydrogens is 309 g/mol. The van der Waals surface area contributed by atoms with Gasteiger partial charge in [0.25, 0.3) is 0 Å². The van der Waals surface area contributed by atoms with E-state index in [1.807, 2.05) is 29.4 Å². The Labute approximate surface area is 137 Å². The zero-order valence-corrected chi connectivity index (χ0v) is 13.4. The van der Waals surface area contributed by atoms with Gasteiger partial charge in [-0.25, -0.2) is 9.97 Å². The lowest BCUT2D eigenvalue weighted by Gasteiger charge is -2.12. The molecule has 0 radical (unpaired) electrons. The van der Waals surface area contributed by atoms with E-state index in [0.717, 1.165) is 25.5 Å². The lowest BCUT2D eigenvalue weighted by atomic mass is 10.2. The van der Waals surface area contributed by atoms with Crippen molar-refractivity contribution in [2.45, 2.75) is 25.4 Å². The van der Waals surface area contributed by atoms with Gasteiger partial charge in [0.15, 0.2) is 0 Å². The molecule has 116 valence electrons. The predicted molar refractivity (Wildman–Crippen MR) is 89.6 cm³/mol. The van der Waals surface area contributed by atoms with E-state index >= 15 is 0 Å². The minimum Gasteiger partial charge on any atom is -0.369 e. The summed E-state index contributed by atoms with van der Waals surface area (Å²) in [5, 5.41) is 6.85. The number of nitrogens with zero attached hydrogens (tertiary/aromatic N) is 3. The Bertz CT molecular complexity index is 495. The van der Waals surface area contributed by atoms with Gasteiger partial charge >= 0.3 is 0 Å². The van der Waals surface area contributed by atoms with E-state index in [1.165, 1.54) is 18.4 Å². The summed E-state index contributed by atoms with van der Waals surface area (Å²) < 4.78 is 2.03. The number of imidazole rings is 1. The van der Waals surface area contributed by atoms with Crippen LogP contribution in [0, 0.1) is 0 Å². The molecule has 2 aromatic rings. The zero-order valence-electron chi connectivity index (χ0n) is 11.7. The Morgan fingerprint density at radius 1 is 1.33 bits per heavy atom. The molecule has 3 heterocycles. The fourth-order valence-corrected chi connectivity index (χ4v) is 2.37. The van der Waals surface area contributed by atoms with Crippen molar-refractivity contribution in [3.8, 4) is 0 Å². The van der Waals surface area contributed by atoms with E-state index in [-0.39, 0.29) is 24.8 Å². The van der Waals surface area contributed by atoms with Crippen molar-refractivity contribution in [2.24, 2.45) is 0 Å². The normalized spacial score (nSPS) is 16.9. The fourth-order valence-electron chi connectivity index (χ4n) is 2.37. The highest BCUT2D eigenvalue weighted by Gasteiger charge is 2.13. The molecule has 1 fully saturated rings. The van der Waals surface area contributed by atoms with E-state index in [2.05, 4.69) is 26.7 Å². The SMILES string of the molecule is Cl.Cl.c1cn(Cc2ccc(NC[C@@H]3CCCN3)nc2)cn1. The number of aromatic nitrogens is 3. The smallest absolute Gasteiger partial charge is 0.125 e. The molecule has 0 amide bonds. The van der Waals surface area contributed by atoms with Crippen LogP contribution >= 0.6 is 24.8 Å². The summed E-state index contributed by atoms with van der Waals surface area (Å²) in [4.78, 5) is 8.48. The summed E-state index contributed by atoms with van der Waals surface area (Å²) in [5.74, 6) is 0.947. The fraction of sp³-hybridized carbons (Fsp3) is 0.429. The summed E-state index contributed by atoms with van der Waals surface area (Å²) in [6, 6.07) is 4.74. The summed E-state index contributed by atoms with van der Waals surface area (Å²) in [6.45, 7) is 2.91. The number of rotatable bonds is 5. The maximum Gasteiger partial charge on any atom is 0.125 e. The number of hydrogen-bond acceptors (Lipinski definition) is 4. The van der Waals surface area contributed by atoms with Crippen LogP contribution in [0.2, 0.25) is 0 Å². The molecule has 0 unspecified atom stereocenters. The van der Waals surface area contributed by atoms with Crippen molar-refractivity contribution in [2.75, 3.05) is 18.4 Å². The van der Waals surface area contributed by atoms with Gasteiger partial charge in [-0.15, -0.1) is 24.8 Å². The van der Waals surface area contributed by atoms with Gasteiger partial charge in [-0.1, -0.05) is 6.07 Å². The highest BCUT2D eigenvalue weighted by molar-refractivity contribution is 5.85. The number of halogens is 2. The Morgan fingerprint density at radius 3 is 2.86 bits per heavy atom. The van der Waals surface area contributed by atoms with Crippen molar-refractivity contribution in [1.29, 1.82) is 0 Å². The molecule has 7 heteroatoms. The molecule has 5 nitrogen and oxygen atoms in total. The van der Waals surface area contributed by atoms with Crippen LogP contribution < -0.4 is 10.6 Å². The van der Waals surface area contributed by atoms with Crippen molar-refractivity contribution >= 4 is 30.6 Å². The van der Waals surface area contributed by atoms with Crippen LogP contribution in [0.3, 0.4) is 0 Å². The summed E-state index contributed by atoms with van der Waals surface area (Å²) >= 11 is 0. The van der Waals surface area contributed by atoms with Crippen LogP contribution in [0.1, 0.15) is 18.4 Å². The van der Waals surface area contributed by atoms with Crippen molar-refractivity contribution < 1.29 is 0 Å². The van der Waals surface area contributed by atoms with Gasteiger partial charge in [0.05, 0.1) is 6.33 Å². The van der Waals surface area contributed by atoms with Gasteiger partial charge in [0.2, 0.25) is 0 Å². The lowest BCUT2D eigenvalue weighted by Crippen LogP contribution is -2.29. The monoisotopic (exact) mass is 329 g/mol. The van der Waals surface area contributed by atoms with Gasteiger partial charge in [0.1, 0.15) is 5.82 Å². The maximum atomic E-state index is 4.45. The van der Waals surface area contributed by atoms with Gasteiger partial charge in [-0.2, -0.15) is 0 Å². The molecule has 1 aliphatic heterocycles. The van der Waals surface area contributed by atoms with Crippen LogP contribution in [-0.2, 0) is 6.54 Å². The van der Waals surface area contributed by atoms with Gasteiger partial charge in [-0.3, -0.25) is 0 Å². The van der Waals surface area contributed by atoms with E-state index < -0.39 is 0 Å². The number of anilines is 1. The van der Waals surface area contributed by atoms with E-state index in [0.29, 0.717) is 6.04 Å². The topological polar surface area (TPSA) is 54.8 Å². The van der Waals surface area contributed by atoms with Crippen LogP contribution in [0.15, 0.2) is 37.1 Å². The Hall–Kier alpha value is -1.30.